The van der Waals surface area contributed by atoms with Crippen LogP contribution in [0.2, 0.25) is 0 Å². The smallest absolute Gasteiger partial charge is 0.254 e. The Hall–Kier alpha value is -5.88. The predicted octanol–water partition coefficient (Wildman–Crippen LogP) is 2.87. The number of fused-ring (bicyclic) bond motifs is 3. The molecule has 4 N–H and O–H groups in total. The zero-order chi connectivity index (χ0) is 38.7. The number of nitrogens with one attached hydrogen (secondary N) is 2. The lowest BCUT2D eigenvalue weighted by Crippen LogP contribution is -2.36. The van der Waals surface area contributed by atoms with Gasteiger partial charge < -0.3 is 39.9 Å². The number of hydrogen-bond donors (Lipinski definition) is 3. The summed E-state index contributed by atoms with van der Waals surface area (Å²) < 4.78 is 24.1. The average molecular weight is 764 g/mol. The van der Waals surface area contributed by atoms with Crippen LogP contribution < -0.4 is 11.1 Å². The molecule has 0 bridgehead atoms. The third-order valence-corrected chi connectivity index (χ3v) is 9.35. The van der Waals surface area contributed by atoms with E-state index in [1.165, 1.54) is 24.3 Å². The molecule has 5 aromatic heterocycles. The summed E-state index contributed by atoms with van der Waals surface area (Å²) in [6, 6.07) is 10.4. The van der Waals surface area contributed by atoms with Crippen molar-refractivity contribution in [2.75, 3.05) is 71.7 Å². The number of benzene rings is 1. The Kier molecular flexibility index (Phi) is 12.8. The summed E-state index contributed by atoms with van der Waals surface area (Å²) in [5, 5.41) is 9.37. The van der Waals surface area contributed by atoms with E-state index < -0.39 is 0 Å². The van der Waals surface area contributed by atoms with Crippen LogP contribution in [0.25, 0.3) is 33.3 Å². The number of H-pyrrole nitrogens is 1. The average Bonchev–Trinajstić information content (AvgIpc) is 3.84. The lowest BCUT2D eigenvalue weighted by Gasteiger charge is -2.29. The Morgan fingerprint density at radius 1 is 0.857 bits per heavy atom. The number of aromatic nitrogens is 8. The maximum atomic E-state index is 13.0. The Bertz CT molecular complexity index is 2260. The summed E-state index contributed by atoms with van der Waals surface area (Å²) in [5.41, 5.74) is 13.2. The molecule has 7 rings (SSSR count). The molecule has 17 nitrogen and oxygen atoms in total. The normalized spacial score (nSPS) is 12.7. The van der Waals surface area contributed by atoms with Crippen LogP contribution in [-0.4, -0.2) is 122 Å². The summed E-state index contributed by atoms with van der Waals surface area (Å²) in [5.74, 6) is 0.812. The van der Waals surface area contributed by atoms with Crippen molar-refractivity contribution in [2.24, 2.45) is 0 Å². The van der Waals surface area contributed by atoms with Gasteiger partial charge >= 0.3 is 0 Å². The quantitative estimate of drug-likeness (QED) is 0.102. The van der Waals surface area contributed by atoms with Crippen molar-refractivity contribution in [3.8, 4) is 11.3 Å². The van der Waals surface area contributed by atoms with Gasteiger partial charge in [-0.1, -0.05) is 18.2 Å². The highest BCUT2D eigenvalue weighted by molar-refractivity contribution is 5.99. The molecule has 1 aliphatic rings. The molecule has 6 aromatic rings. The monoisotopic (exact) mass is 763 g/mol. The van der Waals surface area contributed by atoms with Crippen LogP contribution in [0, 0.1) is 6.92 Å². The van der Waals surface area contributed by atoms with Gasteiger partial charge in [0.2, 0.25) is 5.91 Å². The van der Waals surface area contributed by atoms with Crippen molar-refractivity contribution in [1.82, 2.24) is 49.9 Å². The highest BCUT2D eigenvalue weighted by Gasteiger charge is 2.22. The number of ether oxygens (including phenoxy) is 4. The summed E-state index contributed by atoms with van der Waals surface area (Å²) in [7, 11) is 0. The molecule has 0 radical (unpaired) electrons. The molecule has 0 unspecified atom stereocenters. The summed E-state index contributed by atoms with van der Waals surface area (Å²) in [4.78, 5) is 51.3. The van der Waals surface area contributed by atoms with Gasteiger partial charge in [0.25, 0.3) is 5.91 Å². The van der Waals surface area contributed by atoms with Gasteiger partial charge in [-0.15, -0.1) is 0 Å². The summed E-state index contributed by atoms with van der Waals surface area (Å²) in [6.45, 7) is 7.06. The molecule has 6 heterocycles. The molecule has 17 heteroatoms. The first kappa shape index (κ1) is 38.4. The molecule has 0 saturated heterocycles. The van der Waals surface area contributed by atoms with Crippen LogP contribution in [0.15, 0.2) is 61.4 Å². The number of carbonyl (C=O) groups is 2. The fraction of sp³-hybridized carbons (Fsp3) is 0.385. The lowest BCUT2D eigenvalue weighted by atomic mass is 9.97. The van der Waals surface area contributed by atoms with Crippen LogP contribution in [0.4, 0.5) is 5.82 Å². The second-order valence-corrected chi connectivity index (χ2v) is 13.2. The number of hydrogen-bond acceptors (Lipinski definition) is 13. The highest BCUT2D eigenvalue weighted by Crippen LogP contribution is 2.32. The predicted molar refractivity (Wildman–Crippen MR) is 206 cm³/mol. The molecule has 1 aliphatic heterocycles. The fourth-order valence-corrected chi connectivity index (χ4v) is 6.43. The topological polar surface area (TPSA) is 210 Å². The summed E-state index contributed by atoms with van der Waals surface area (Å²) in [6.07, 6.45) is 9.16. The number of nitrogens with zero attached hydrogens (tertiary/aromatic N) is 8. The van der Waals surface area contributed by atoms with E-state index in [4.69, 9.17) is 29.8 Å². The third kappa shape index (κ3) is 9.67. The first-order valence-corrected chi connectivity index (χ1v) is 18.6. The Balaban J connectivity index is 0.766. The molecule has 0 spiro atoms. The van der Waals surface area contributed by atoms with Crippen LogP contribution >= 0.6 is 0 Å². The molecule has 0 aliphatic carbocycles. The van der Waals surface area contributed by atoms with Gasteiger partial charge in [0.1, 0.15) is 29.3 Å². The first-order chi connectivity index (χ1) is 27.4. The second kappa shape index (κ2) is 18.6. The Labute approximate surface area is 323 Å². The molecule has 0 atom stereocenters. The molecule has 0 saturated carbocycles. The Morgan fingerprint density at radius 3 is 2.39 bits per heavy atom. The number of pyridine rings is 1. The highest BCUT2D eigenvalue weighted by atomic mass is 16.6. The van der Waals surface area contributed by atoms with Crippen molar-refractivity contribution < 1.29 is 28.5 Å². The van der Waals surface area contributed by atoms with E-state index in [2.05, 4.69) is 53.4 Å². The molecular formula is C39H45N11O6. The molecule has 56 heavy (non-hydrogen) atoms. The number of nitrogens with two attached hydrogens (primary N) is 1. The minimum atomic E-state index is -0.238. The number of rotatable bonds is 19. The van der Waals surface area contributed by atoms with Crippen molar-refractivity contribution in [1.29, 1.82) is 0 Å². The van der Waals surface area contributed by atoms with Gasteiger partial charge in [0.05, 0.1) is 76.8 Å². The maximum Gasteiger partial charge on any atom is 0.254 e. The molecular weight excluding hydrogens is 718 g/mol. The number of nitrogen functional groups attached to an aromatic ring is 1. The van der Waals surface area contributed by atoms with Crippen LogP contribution in [0.3, 0.4) is 0 Å². The molecule has 2 amide bonds. The van der Waals surface area contributed by atoms with Crippen LogP contribution in [-0.2, 0) is 43.3 Å². The Morgan fingerprint density at radius 2 is 1.61 bits per heavy atom. The van der Waals surface area contributed by atoms with Gasteiger partial charge in [-0.2, -0.15) is 5.10 Å². The van der Waals surface area contributed by atoms with Crippen molar-refractivity contribution in [2.45, 2.75) is 32.9 Å². The number of amides is 2. The minimum absolute atomic E-state index is 0.0691. The van der Waals surface area contributed by atoms with Gasteiger partial charge in [0.15, 0.2) is 5.65 Å². The van der Waals surface area contributed by atoms with E-state index in [1.807, 2.05) is 27.9 Å². The maximum absolute atomic E-state index is 13.0. The van der Waals surface area contributed by atoms with Crippen LogP contribution in [0.1, 0.15) is 39.3 Å². The van der Waals surface area contributed by atoms with Crippen LogP contribution in [0.5, 0.6) is 0 Å². The van der Waals surface area contributed by atoms with Gasteiger partial charge in [-0.05, 0) is 42.2 Å². The minimum Gasteiger partial charge on any atom is -0.383 e. The zero-order valence-corrected chi connectivity index (χ0v) is 31.3. The van der Waals surface area contributed by atoms with E-state index in [1.54, 1.807) is 13.1 Å². The van der Waals surface area contributed by atoms with E-state index in [-0.39, 0.29) is 11.8 Å². The largest absolute Gasteiger partial charge is 0.383 e. The van der Waals surface area contributed by atoms with Gasteiger partial charge in [-0.3, -0.25) is 9.59 Å². The standard InChI is InChI=1S/C39H45N11O6/c1-26-43-21-32(22-44-26)39(52)42-8-11-54-13-15-56-17-16-55-14-12-53-10-6-33(51)49-9-5-28-18-27(2-3-30(28)24-49)23-50-38-34(36(40)46-25-47-38)35(48-50)31-19-29-4-7-41-37(29)45-20-31/h2-4,7,18-22,25H,5-6,8-17,23-24H2,1H3,(H,41,45)(H,42,52)(H2,40,46,47). The van der Waals surface area contributed by atoms with Gasteiger partial charge in [0, 0.05) is 55.4 Å². The zero-order valence-electron chi connectivity index (χ0n) is 31.3. The first-order valence-electron chi connectivity index (χ1n) is 18.6. The molecule has 1 aromatic carbocycles. The lowest BCUT2D eigenvalue weighted by molar-refractivity contribution is -0.133. The van der Waals surface area contributed by atoms with E-state index in [0.717, 1.165) is 34.1 Å². The molecule has 292 valence electrons. The van der Waals surface area contributed by atoms with Crippen molar-refractivity contribution >= 4 is 39.7 Å². The number of aryl methyl sites for hydroxylation is 1. The second-order valence-electron chi connectivity index (χ2n) is 13.2. The number of aromatic amines is 1. The van der Waals surface area contributed by atoms with Gasteiger partial charge in [-0.25, -0.2) is 29.6 Å². The number of carbonyl (C=O) groups excluding carboxylic acids is 2. The summed E-state index contributed by atoms with van der Waals surface area (Å²) >= 11 is 0. The molecule has 0 fully saturated rings. The van der Waals surface area contributed by atoms with Crippen molar-refractivity contribution in [3.63, 3.8) is 0 Å². The van der Waals surface area contributed by atoms with Crippen molar-refractivity contribution in [3.05, 3.63) is 89.5 Å². The van der Waals surface area contributed by atoms with E-state index >= 15 is 0 Å². The van der Waals surface area contributed by atoms with E-state index in [0.29, 0.717) is 119 Å². The SMILES string of the molecule is Cc1ncc(C(=O)NCCOCCOCCOCCOCCC(=O)N2CCc3cc(Cn4nc(-c5cnc6[nH]ccc6c5)c5c(N)ncnc54)ccc3C2)cn1. The number of anilines is 1. The van der Waals surface area contributed by atoms with E-state index in [9.17, 15) is 9.59 Å². The fourth-order valence-electron chi connectivity index (χ4n) is 6.43. The third-order valence-electron chi connectivity index (χ3n) is 9.35.